The van der Waals surface area contributed by atoms with E-state index >= 15 is 0 Å². The number of nitrogens with zero attached hydrogens (tertiary/aromatic N) is 3. The summed E-state index contributed by atoms with van der Waals surface area (Å²) >= 11 is 0. The summed E-state index contributed by atoms with van der Waals surface area (Å²) in [7, 11) is 0. The molecule has 126 valence electrons. The number of aryl methyl sites for hydroxylation is 1. The summed E-state index contributed by atoms with van der Waals surface area (Å²) in [6, 6.07) is 9.78. The van der Waals surface area contributed by atoms with Gasteiger partial charge in [0, 0.05) is 18.9 Å². The van der Waals surface area contributed by atoms with E-state index in [2.05, 4.69) is 9.97 Å². The maximum Gasteiger partial charge on any atom is 0.316 e. The highest BCUT2D eigenvalue weighted by Crippen LogP contribution is 2.18. The zero-order chi connectivity index (χ0) is 16.8. The highest BCUT2D eigenvalue weighted by molar-refractivity contribution is 5.78. The number of carbonyl (C=O) groups excluding carboxylic acids is 1. The highest BCUT2D eigenvalue weighted by Gasteiger charge is 2.25. The first kappa shape index (κ1) is 16.2. The van der Waals surface area contributed by atoms with Gasteiger partial charge in [-0.2, -0.15) is 0 Å². The summed E-state index contributed by atoms with van der Waals surface area (Å²) in [6.45, 7) is 3.27. The average Bonchev–Trinajstić information content (AvgIpc) is 2.62. The molecule has 3 rings (SSSR count). The second-order valence-corrected chi connectivity index (χ2v) is 5.81. The van der Waals surface area contributed by atoms with Crippen molar-refractivity contribution in [3.63, 3.8) is 0 Å². The molecule has 0 saturated carbocycles. The Bertz CT molecular complexity index is 678. The second kappa shape index (κ2) is 7.77. The van der Waals surface area contributed by atoms with Crippen LogP contribution >= 0.6 is 0 Å². The van der Waals surface area contributed by atoms with Crippen molar-refractivity contribution in [2.75, 3.05) is 19.7 Å². The number of likely N-dealkylation sites (tertiary alicyclic amines) is 1. The maximum absolute atomic E-state index is 12.4. The van der Waals surface area contributed by atoms with E-state index in [9.17, 15) is 4.79 Å². The lowest BCUT2D eigenvalue weighted by atomic mass is 10.1. The van der Waals surface area contributed by atoms with Crippen molar-refractivity contribution < 1.29 is 14.3 Å². The van der Waals surface area contributed by atoms with Gasteiger partial charge in [0.15, 0.2) is 6.61 Å². The number of benzene rings is 1. The molecule has 0 bridgehead atoms. The van der Waals surface area contributed by atoms with Crippen molar-refractivity contribution in [3.05, 3.63) is 48.3 Å². The third-order valence-corrected chi connectivity index (χ3v) is 3.99. The van der Waals surface area contributed by atoms with Gasteiger partial charge in [0.25, 0.3) is 5.91 Å². The molecule has 6 heteroatoms. The van der Waals surface area contributed by atoms with Crippen LogP contribution in [0.5, 0.6) is 11.8 Å². The first-order valence-electron chi connectivity index (χ1n) is 8.12. The fourth-order valence-electron chi connectivity index (χ4n) is 2.71. The Morgan fingerprint density at radius 3 is 2.83 bits per heavy atom. The van der Waals surface area contributed by atoms with Crippen molar-refractivity contribution in [2.24, 2.45) is 0 Å². The molecular weight excluding hydrogens is 306 g/mol. The molecule has 2 heterocycles. The lowest BCUT2D eigenvalue weighted by Crippen LogP contribution is -2.46. The largest absolute Gasteiger partial charge is 0.484 e. The normalized spacial score (nSPS) is 17.4. The van der Waals surface area contributed by atoms with Crippen LogP contribution < -0.4 is 9.47 Å². The van der Waals surface area contributed by atoms with E-state index < -0.39 is 0 Å². The van der Waals surface area contributed by atoms with Crippen LogP contribution in [-0.4, -0.2) is 46.6 Å². The number of aromatic nitrogens is 2. The van der Waals surface area contributed by atoms with Crippen LogP contribution in [-0.2, 0) is 4.79 Å². The predicted molar refractivity (Wildman–Crippen MR) is 88.9 cm³/mol. The Hall–Kier alpha value is -2.63. The SMILES string of the molecule is Cc1ccccc1OCC(=O)N1CCCC(Oc2ncccn2)C1. The number of carbonyl (C=O) groups is 1. The van der Waals surface area contributed by atoms with E-state index in [0.29, 0.717) is 12.6 Å². The maximum atomic E-state index is 12.4. The molecule has 1 aliphatic rings. The van der Waals surface area contributed by atoms with Crippen LogP contribution in [0.15, 0.2) is 42.7 Å². The number of para-hydroxylation sites is 1. The fraction of sp³-hybridized carbons (Fsp3) is 0.389. The number of amides is 1. The summed E-state index contributed by atoms with van der Waals surface area (Å²) in [6.07, 6.45) is 4.99. The van der Waals surface area contributed by atoms with Crippen molar-refractivity contribution in [2.45, 2.75) is 25.9 Å². The van der Waals surface area contributed by atoms with Crippen molar-refractivity contribution >= 4 is 5.91 Å². The zero-order valence-electron chi connectivity index (χ0n) is 13.7. The molecule has 6 nitrogen and oxygen atoms in total. The van der Waals surface area contributed by atoms with E-state index in [1.54, 1.807) is 23.4 Å². The van der Waals surface area contributed by atoms with Gasteiger partial charge < -0.3 is 14.4 Å². The smallest absolute Gasteiger partial charge is 0.316 e. The van der Waals surface area contributed by atoms with Crippen molar-refractivity contribution in [3.8, 4) is 11.8 Å². The van der Waals surface area contributed by atoms with Crippen molar-refractivity contribution in [1.82, 2.24) is 14.9 Å². The van der Waals surface area contributed by atoms with Gasteiger partial charge in [0.1, 0.15) is 11.9 Å². The molecule has 1 atom stereocenters. The number of piperidine rings is 1. The Kier molecular flexibility index (Phi) is 5.25. The molecule has 1 saturated heterocycles. The van der Waals surface area contributed by atoms with Crippen LogP contribution in [0.3, 0.4) is 0 Å². The summed E-state index contributed by atoms with van der Waals surface area (Å²) in [5.41, 5.74) is 1.02. The van der Waals surface area contributed by atoms with Crippen LogP contribution in [0.1, 0.15) is 18.4 Å². The molecule has 1 aliphatic heterocycles. The van der Waals surface area contributed by atoms with E-state index in [1.807, 2.05) is 31.2 Å². The van der Waals surface area contributed by atoms with Crippen LogP contribution in [0.2, 0.25) is 0 Å². The average molecular weight is 327 g/mol. The fourth-order valence-corrected chi connectivity index (χ4v) is 2.71. The Balaban J connectivity index is 1.52. The van der Waals surface area contributed by atoms with Crippen LogP contribution in [0.4, 0.5) is 0 Å². The van der Waals surface area contributed by atoms with Gasteiger partial charge >= 0.3 is 6.01 Å². The van der Waals surface area contributed by atoms with Gasteiger partial charge in [-0.15, -0.1) is 0 Å². The number of hydrogen-bond donors (Lipinski definition) is 0. The minimum absolute atomic E-state index is 0.0273. The molecule has 1 unspecified atom stereocenters. The second-order valence-electron chi connectivity index (χ2n) is 5.81. The monoisotopic (exact) mass is 327 g/mol. The van der Waals surface area contributed by atoms with E-state index in [1.165, 1.54) is 0 Å². The minimum Gasteiger partial charge on any atom is -0.484 e. The highest BCUT2D eigenvalue weighted by atomic mass is 16.5. The van der Waals surface area contributed by atoms with Gasteiger partial charge in [-0.25, -0.2) is 9.97 Å². The number of ether oxygens (including phenoxy) is 2. The minimum atomic E-state index is -0.0800. The van der Waals surface area contributed by atoms with Gasteiger partial charge in [0.05, 0.1) is 6.54 Å². The third-order valence-electron chi connectivity index (χ3n) is 3.99. The Morgan fingerprint density at radius 2 is 2.04 bits per heavy atom. The van der Waals surface area contributed by atoms with Crippen LogP contribution in [0.25, 0.3) is 0 Å². The molecule has 0 spiro atoms. The van der Waals surface area contributed by atoms with Crippen LogP contribution in [0, 0.1) is 6.92 Å². The summed E-state index contributed by atoms with van der Waals surface area (Å²) in [5, 5.41) is 0. The van der Waals surface area contributed by atoms with Gasteiger partial charge in [-0.1, -0.05) is 18.2 Å². The van der Waals surface area contributed by atoms with E-state index in [0.717, 1.165) is 30.7 Å². The van der Waals surface area contributed by atoms with E-state index in [4.69, 9.17) is 9.47 Å². The summed E-state index contributed by atoms with van der Waals surface area (Å²) < 4.78 is 11.4. The molecule has 1 aromatic heterocycles. The molecule has 1 amide bonds. The van der Waals surface area contributed by atoms with Crippen molar-refractivity contribution in [1.29, 1.82) is 0 Å². The molecule has 0 radical (unpaired) electrons. The Morgan fingerprint density at radius 1 is 1.25 bits per heavy atom. The Labute approximate surface area is 141 Å². The molecular formula is C18H21N3O3. The lowest BCUT2D eigenvalue weighted by molar-refractivity contribution is -0.136. The molecule has 1 fully saturated rings. The van der Waals surface area contributed by atoms with Gasteiger partial charge in [-0.3, -0.25) is 4.79 Å². The molecule has 1 aromatic carbocycles. The first-order chi connectivity index (χ1) is 11.7. The quantitative estimate of drug-likeness (QED) is 0.842. The van der Waals surface area contributed by atoms with Gasteiger partial charge in [0.2, 0.25) is 0 Å². The standard InChI is InChI=1S/C18H21N3O3/c1-14-6-2-3-8-16(14)23-13-17(22)21-11-4-7-15(12-21)24-18-19-9-5-10-20-18/h2-3,5-6,8-10,15H,4,7,11-13H2,1H3. The zero-order valence-corrected chi connectivity index (χ0v) is 13.7. The topological polar surface area (TPSA) is 64.5 Å². The number of hydrogen-bond acceptors (Lipinski definition) is 5. The molecule has 24 heavy (non-hydrogen) atoms. The first-order valence-corrected chi connectivity index (χ1v) is 8.12. The summed E-state index contributed by atoms with van der Waals surface area (Å²) in [5.74, 6) is 0.717. The van der Waals surface area contributed by atoms with Gasteiger partial charge in [-0.05, 0) is 37.5 Å². The summed E-state index contributed by atoms with van der Waals surface area (Å²) in [4.78, 5) is 22.3. The molecule has 0 N–H and O–H groups in total. The third kappa shape index (κ3) is 4.22. The van der Waals surface area contributed by atoms with E-state index in [-0.39, 0.29) is 18.6 Å². The predicted octanol–water partition coefficient (Wildman–Crippen LogP) is 2.23. The lowest BCUT2D eigenvalue weighted by Gasteiger charge is -2.32. The molecule has 0 aliphatic carbocycles. The molecule has 2 aromatic rings. The number of rotatable bonds is 5.